The highest BCUT2D eigenvalue weighted by molar-refractivity contribution is 6.11. The van der Waals surface area contributed by atoms with Crippen LogP contribution in [0, 0.1) is 12.8 Å². The molecule has 0 unspecified atom stereocenters. The molecule has 5 nitrogen and oxygen atoms in total. The fraction of sp³-hybridized carbons (Fsp3) is 0.391. The van der Waals surface area contributed by atoms with Gasteiger partial charge in [-0.15, -0.1) is 0 Å². The van der Waals surface area contributed by atoms with Crippen molar-refractivity contribution in [2.24, 2.45) is 5.92 Å². The highest BCUT2D eigenvalue weighted by atomic mass is 16.2. The summed E-state index contributed by atoms with van der Waals surface area (Å²) in [6.07, 6.45) is 2.86. The topological polar surface area (TPSA) is 52.7 Å². The minimum absolute atomic E-state index is 0.0298. The Kier molecular flexibility index (Phi) is 3.85. The van der Waals surface area contributed by atoms with E-state index < -0.39 is 11.5 Å². The van der Waals surface area contributed by atoms with Crippen molar-refractivity contribution in [1.82, 2.24) is 4.90 Å². The van der Waals surface area contributed by atoms with Gasteiger partial charge in [-0.25, -0.2) is 0 Å². The molecule has 2 aromatic rings. The second-order valence-corrected chi connectivity index (χ2v) is 8.28. The number of carbonyl (C=O) groups is 2. The maximum Gasteiger partial charge on any atom is 0.252 e. The van der Waals surface area contributed by atoms with Crippen molar-refractivity contribution in [2.45, 2.75) is 37.8 Å². The van der Waals surface area contributed by atoms with E-state index in [2.05, 4.69) is 10.2 Å². The maximum atomic E-state index is 13.6. The fourth-order valence-corrected chi connectivity index (χ4v) is 5.53. The average molecular weight is 375 g/mol. The van der Waals surface area contributed by atoms with Crippen LogP contribution in [0.1, 0.15) is 30.4 Å². The van der Waals surface area contributed by atoms with Crippen LogP contribution in [0.15, 0.2) is 48.5 Å². The third-order valence-electron chi connectivity index (χ3n) is 6.78. The number of hydrogen-bond donors (Lipinski definition) is 1. The Hall–Kier alpha value is -2.66. The first kappa shape index (κ1) is 17.4. The molecule has 0 bridgehead atoms. The van der Waals surface area contributed by atoms with Crippen LogP contribution in [0.4, 0.5) is 11.4 Å². The number of carbonyl (C=O) groups excluding carboxylic acids is 2. The number of para-hydroxylation sites is 1. The van der Waals surface area contributed by atoms with E-state index in [1.54, 1.807) is 4.90 Å². The molecule has 0 radical (unpaired) electrons. The maximum absolute atomic E-state index is 13.6. The van der Waals surface area contributed by atoms with E-state index in [1.165, 1.54) is 0 Å². The Labute approximate surface area is 165 Å². The standard InChI is InChI=1S/C23H25N3O2/c1-15-9-11-16(12-10-15)24-21(27)19-14-17-6-5-13-26(17)23(19)18-7-3-4-8-20(18)25(2)22(23)28/h3-4,7-12,17,19H,5-6,13-14H2,1-2H3,(H,24,27)/t17-,19-,23-/m1/s1. The molecule has 144 valence electrons. The van der Waals surface area contributed by atoms with Gasteiger partial charge in [-0.2, -0.15) is 0 Å². The molecule has 2 amide bonds. The van der Waals surface area contributed by atoms with Crippen LogP contribution >= 0.6 is 0 Å². The second kappa shape index (κ2) is 6.17. The number of anilines is 2. The second-order valence-electron chi connectivity index (χ2n) is 8.28. The van der Waals surface area contributed by atoms with Gasteiger partial charge in [-0.3, -0.25) is 14.5 Å². The Balaban J connectivity index is 1.59. The van der Waals surface area contributed by atoms with Gasteiger partial charge in [0.05, 0.1) is 5.92 Å². The van der Waals surface area contributed by atoms with Gasteiger partial charge < -0.3 is 10.2 Å². The number of amides is 2. The first-order valence-electron chi connectivity index (χ1n) is 10.1. The molecule has 1 spiro atoms. The molecule has 2 aromatic carbocycles. The van der Waals surface area contributed by atoms with Crippen LogP contribution in [-0.2, 0) is 15.1 Å². The van der Waals surface area contributed by atoms with Crippen molar-refractivity contribution in [1.29, 1.82) is 0 Å². The predicted octanol–water partition coefficient (Wildman–Crippen LogP) is 3.29. The minimum atomic E-state index is -0.874. The highest BCUT2D eigenvalue weighted by Gasteiger charge is 2.66. The van der Waals surface area contributed by atoms with E-state index in [-0.39, 0.29) is 17.9 Å². The van der Waals surface area contributed by atoms with Gasteiger partial charge in [-0.05, 0) is 50.9 Å². The molecule has 3 heterocycles. The largest absolute Gasteiger partial charge is 0.326 e. The van der Waals surface area contributed by atoms with Gasteiger partial charge in [0, 0.05) is 30.0 Å². The molecule has 5 rings (SSSR count). The molecule has 0 aromatic heterocycles. The fourth-order valence-electron chi connectivity index (χ4n) is 5.53. The lowest BCUT2D eigenvalue weighted by Gasteiger charge is -2.37. The number of hydrogen-bond acceptors (Lipinski definition) is 3. The summed E-state index contributed by atoms with van der Waals surface area (Å²) in [6.45, 7) is 2.89. The zero-order valence-corrected chi connectivity index (χ0v) is 16.3. The Morgan fingerprint density at radius 1 is 1.14 bits per heavy atom. The molecule has 2 saturated heterocycles. The summed E-state index contributed by atoms with van der Waals surface area (Å²) < 4.78 is 0. The number of nitrogens with one attached hydrogen (secondary N) is 1. The molecule has 28 heavy (non-hydrogen) atoms. The minimum Gasteiger partial charge on any atom is -0.326 e. The van der Waals surface area contributed by atoms with Crippen molar-refractivity contribution in [2.75, 3.05) is 23.8 Å². The van der Waals surface area contributed by atoms with Crippen LogP contribution in [0.3, 0.4) is 0 Å². The number of likely N-dealkylation sites (N-methyl/N-ethyl adjacent to an activating group) is 1. The first-order chi connectivity index (χ1) is 13.5. The van der Waals surface area contributed by atoms with E-state index in [0.29, 0.717) is 0 Å². The van der Waals surface area contributed by atoms with E-state index in [0.717, 1.165) is 48.3 Å². The van der Waals surface area contributed by atoms with Gasteiger partial charge in [0.25, 0.3) is 5.91 Å². The number of fused-ring (bicyclic) bond motifs is 4. The molecule has 3 aliphatic rings. The summed E-state index contributed by atoms with van der Waals surface area (Å²) in [7, 11) is 1.83. The summed E-state index contributed by atoms with van der Waals surface area (Å²) in [5.41, 5.74) is 2.97. The van der Waals surface area contributed by atoms with Crippen molar-refractivity contribution in [3.63, 3.8) is 0 Å². The Morgan fingerprint density at radius 3 is 2.68 bits per heavy atom. The summed E-state index contributed by atoms with van der Waals surface area (Å²) in [6, 6.07) is 16.1. The monoisotopic (exact) mass is 375 g/mol. The number of nitrogens with zero attached hydrogens (tertiary/aromatic N) is 2. The van der Waals surface area contributed by atoms with Gasteiger partial charge in [0.1, 0.15) is 5.54 Å². The zero-order valence-electron chi connectivity index (χ0n) is 16.3. The molecule has 1 N–H and O–H groups in total. The molecule has 0 aliphatic carbocycles. The number of aryl methyl sites for hydroxylation is 1. The summed E-state index contributed by atoms with van der Waals surface area (Å²) in [4.78, 5) is 31.1. The van der Waals surface area contributed by atoms with Gasteiger partial charge in [0.15, 0.2) is 0 Å². The molecule has 2 fully saturated rings. The van der Waals surface area contributed by atoms with Crippen LogP contribution in [0.25, 0.3) is 0 Å². The van der Waals surface area contributed by atoms with Crippen molar-refractivity contribution < 1.29 is 9.59 Å². The summed E-state index contributed by atoms with van der Waals surface area (Å²) in [5.74, 6) is -0.420. The van der Waals surface area contributed by atoms with Gasteiger partial charge in [0.2, 0.25) is 5.91 Å². The smallest absolute Gasteiger partial charge is 0.252 e. The molecule has 5 heteroatoms. The molecular weight excluding hydrogens is 350 g/mol. The Bertz CT molecular complexity index is 955. The highest BCUT2D eigenvalue weighted by Crippen LogP contribution is 2.56. The lowest BCUT2D eigenvalue weighted by molar-refractivity contribution is -0.136. The van der Waals surface area contributed by atoms with E-state index >= 15 is 0 Å². The normalized spacial score (nSPS) is 28.6. The summed E-state index contributed by atoms with van der Waals surface area (Å²) >= 11 is 0. The predicted molar refractivity (Wildman–Crippen MR) is 109 cm³/mol. The third-order valence-corrected chi connectivity index (χ3v) is 6.78. The van der Waals surface area contributed by atoms with Crippen LogP contribution in [-0.4, -0.2) is 36.3 Å². The van der Waals surface area contributed by atoms with Crippen LogP contribution in [0.5, 0.6) is 0 Å². The van der Waals surface area contributed by atoms with Crippen LogP contribution < -0.4 is 10.2 Å². The number of rotatable bonds is 2. The quantitative estimate of drug-likeness (QED) is 0.876. The first-order valence-corrected chi connectivity index (χ1v) is 10.1. The lowest BCUT2D eigenvalue weighted by atomic mass is 9.78. The Morgan fingerprint density at radius 2 is 1.89 bits per heavy atom. The molecular formula is C23H25N3O2. The average Bonchev–Trinajstić information content (AvgIpc) is 3.34. The van der Waals surface area contributed by atoms with Crippen molar-refractivity contribution in [3.8, 4) is 0 Å². The SMILES string of the molecule is Cc1ccc(NC(=O)[C@H]2C[C@H]3CCCN3[C@@]23C(=O)N(C)c2ccccc23)cc1. The third kappa shape index (κ3) is 2.23. The number of benzene rings is 2. The van der Waals surface area contributed by atoms with E-state index in [1.807, 2.05) is 62.5 Å². The van der Waals surface area contributed by atoms with Gasteiger partial charge in [-0.1, -0.05) is 35.9 Å². The van der Waals surface area contributed by atoms with Crippen LogP contribution in [0.2, 0.25) is 0 Å². The van der Waals surface area contributed by atoms with Gasteiger partial charge >= 0.3 is 0 Å². The zero-order chi connectivity index (χ0) is 19.5. The van der Waals surface area contributed by atoms with Crippen molar-refractivity contribution >= 4 is 23.2 Å². The molecule has 3 aliphatic heterocycles. The van der Waals surface area contributed by atoms with E-state index in [9.17, 15) is 9.59 Å². The molecule has 3 atom stereocenters. The molecule has 0 saturated carbocycles. The van der Waals surface area contributed by atoms with Crippen molar-refractivity contribution in [3.05, 3.63) is 59.7 Å². The summed E-state index contributed by atoms with van der Waals surface area (Å²) in [5, 5.41) is 3.08. The van der Waals surface area contributed by atoms with E-state index in [4.69, 9.17) is 0 Å². The lowest BCUT2D eigenvalue weighted by Crippen LogP contribution is -2.55.